The monoisotopic (exact) mass is 402 g/mol. The number of amides is 1. The van der Waals surface area contributed by atoms with Gasteiger partial charge in [-0.15, -0.1) is 5.10 Å². The molecule has 154 valence electrons. The van der Waals surface area contributed by atoms with Crippen LogP contribution in [0.5, 0.6) is 0 Å². The number of fused-ring (bicyclic) bond motifs is 5. The zero-order chi connectivity index (χ0) is 21.4. The second-order valence-electron chi connectivity index (χ2n) is 8.28. The van der Waals surface area contributed by atoms with Gasteiger partial charge in [0.05, 0.1) is 24.3 Å². The molecule has 0 spiro atoms. The van der Waals surface area contributed by atoms with Crippen molar-refractivity contribution in [2.75, 3.05) is 4.90 Å². The minimum absolute atomic E-state index is 0.0533. The molecule has 0 saturated heterocycles. The third kappa shape index (κ3) is 3.43. The van der Waals surface area contributed by atoms with E-state index in [1.807, 2.05) is 67.1 Å². The molecule has 0 aliphatic carbocycles. The van der Waals surface area contributed by atoms with Crippen LogP contribution in [0.3, 0.4) is 0 Å². The molecule has 0 atom stereocenters. The molecule has 1 aromatic heterocycles. The number of Topliss-reactive ketones (excluding diaryl/α,β-unsaturated/α-hetero) is 1. The van der Waals surface area contributed by atoms with E-state index < -0.39 is 0 Å². The molecule has 1 aliphatic rings. The molecular formula is C24H26N4O2. The number of para-hydroxylation sites is 1. The van der Waals surface area contributed by atoms with Crippen molar-refractivity contribution in [3.8, 4) is 22.5 Å². The smallest absolute Gasteiger partial charge is 0.234 e. The molecule has 1 amide bonds. The lowest BCUT2D eigenvalue weighted by atomic mass is 9.95. The summed E-state index contributed by atoms with van der Waals surface area (Å²) in [6.07, 6.45) is -0.108. The van der Waals surface area contributed by atoms with Gasteiger partial charge in [-0.05, 0) is 25.5 Å². The molecule has 0 unspecified atom stereocenters. The van der Waals surface area contributed by atoms with E-state index in [2.05, 4.69) is 24.2 Å². The van der Waals surface area contributed by atoms with Crippen LogP contribution in [-0.2, 0) is 16.1 Å². The molecule has 30 heavy (non-hydrogen) atoms. The number of rotatable bonds is 4. The summed E-state index contributed by atoms with van der Waals surface area (Å²) in [5, 5.41) is 8.95. The number of anilines is 1. The highest BCUT2D eigenvalue weighted by atomic mass is 16.2. The van der Waals surface area contributed by atoms with Gasteiger partial charge in [-0.25, -0.2) is 4.68 Å². The van der Waals surface area contributed by atoms with Crippen LogP contribution in [0.4, 0.5) is 5.69 Å². The molecule has 3 aromatic rings. The molecule has 0 saturated carbocycles. The topological polar surface area (TPSA) is 68.1 Å². The quantitative estimate of drug-likeness (QED) is 0.596. The van der Waals surface area contributed by atoms with Crippen molar-refractivity contribution in [1.82, 2.24) is 15.0 Å². The first-order valence-electron chi connectivity index (χ1n) is 10.3. The van der Waals surface area contributed by atoms with E-state index in [9.17, 15) is 9.59 Å². The molecular weight excluding hydrogens is 376 g/mol. The Kier molecular flexibility index (Phi) is 5.24. The molecule has 0 N–H and O–H groups in total. The standard InChI is InChI=1S/C24H26N4O2/c1-15(2)21(29)13-22(30)27-14-17-9-5-6-10-18(17)23-24(28(16(3)4)26-25-23)19-11-7-8-12-20(19)27/h5-12,15-16H,13-14H2,1-4H3. The second kappa shape index (κ2) is 7.86. The van der Waals surface area contributed by atoms with Gasteiger partial charge in [0.1, 0.15) is 11.5 Å². The summed E-state index contributed by atoms with van der Waals surface area (Å²) >= 11 is 0. The lowest BCUT2D eigenvalue weighted by molar-refractivity contribution is -0.128. The molecule has 0 fully saturated rings. The molecule has 2 aromatic carbocycles. The number of aromatic nitrogens is 3. The second-order valence-corrected chi connectivity index (χ2v) is 8.28. The lowest BCUT2D eigenvalue weighted by Gasteiger charge is -2.29. The van der Waals surface area contributed by atoms with Crippen molar-refractivity contribution < 1.29 is 9.59 Å². The van der Waals surface area contributed by atoms with Crippen molar-refractivity contribution in [1.29, 1.82) is 0 Å². The Balaban J connectivity index is 1.95. The van der Waals surface area contributed by atoms with Gasteiger partial charge < -0.3 is 4.90 Å². The predicted molar refractivity (Wildman–Crippen MR) is 117 cm³/mol. The van der Waals surface area contributed by atoms with Gasteiger partial charge in [0.15, 0.2) is 0 Å². The molecule has 0 bridgehead atoms. The van der Waals surface area contributed by atoms with Gasteiger partial charge >= 0.3 is 0 Å². The summed E-state index contributed by atoms with van der Waals surface area (Å²) in [5.74, 6) is -0.421. The number of nitrogens with zero attached hydrogens (tertiary/aromatic N) is 4. The fourth-order valence-corrected chi connectivity index (χ4v) is 3.81. The average molecular weight is 402 g/mol. The van der Waals surface area contributed by atoms with E-state index in [0.717, 1.165) is 33.8 Å². The van der Waals surface area contributed by atoms with Crippen LogP contribution in [0.15, 0.2) is 48.5 Å². The molecule has 6 nitrogen and oxygen atoms in total. The van der Waals surface area contributed by atoms with Crippen LogP contribution < -0.4 is 4.90 Å². The van der Waals surface area contributed by atoms with Crippen molar-refractivity contribution in [3.63, 3.8) is 0 Å². The maximum Gasteiger partial charge on any atom is 0.234 e. The Labute approximate surface area is 176 Å². The Bertz CT molecular complexity index is 1110. The highest BCUT2D eigenvalue weighted by molar-refractivity contribution is 6.08. The SMILES string of the molecule is CC(C)C(=O)CC(=O)N1Cc2ccccc2-c2nnn(C(C)C)c2-c2ccccc21. The van der Waals surface area contributed by atoms with E-state index in [0.29, 0.717) is 6.54 Å². The summed E-state index contributed by atoms with van der Waals surface area (Å²) in [6.45, 7) is 8.15. The summed E-state index contributed by atoms with van der Waals surface area (Å²) in [7, 11) is 0. The van der Waals surface area contributed by atoms with E-state index >= 15 is 0 Å². The minimum atomic E-state index is -0.192. The minimum Gasteiger partial charge on any atom is -0.307 e. The third-order valence-electron chi connectivity index (χ3n) is 5.50. The number of hydrogen-bond donors (Lipinski definition) is 0. The first-order chi connectivity index (χ1) is 14.4. The zero-order valence-corrected chi connectivity index (χ0v) is 17.8. The van der Waals surface area contributed by atoms with E-state index in [1.165, 1.54) is 0 Å². The van der Waals surface area contributed by atoms with Gasteiger partial charge in [0.2, 0.25) is 5.91 Å². The fraction of sp³-hybridized carbons (Fsp3) is 0.333. The summed E-state index contributed by atoms with van der Waals surface area (Å²) in [4.78, 5) is 27.4. The van der Waals surface area contributed by atoms with Crippen molar-refractivity contribution >= 4 is 17.4 Å². The average Bonchev–Trinajstić information content (AvgIpc) is 3.15. The van der Waals surface area contributed by atoms with Crippen molar-refractivity contribution in [2.45, 2.75) is 46.7 Å². The number of carbonyl (C=O) groups is 2. The lowest BCUT2D eigenvalue weighted by Crippen LogP contribution is -2.34. The Morgan fingerprint density at radius 2 is 1.63 bits per heavy atom. The third-order valence-corrected chi connectivity index (χ3v) is 5.50. The van der Waals surface area contributed by atoms with Gasteiger partial charge in [-0.3, -0.25) is 9.59 Å². The number of ketones is 1. The van der Waals surface area contributed by atoms with Crippen LogP contribution in [0.25, 0.3) is 22.5 Å². The van der Waals surface area contributed by atoms with Crippen LogP contribution in [0.1, 0.15) is 45.7 Å². The van der Waals surface area contributed by atoms with Gasteiger partial charge in [0, 0.05) is 23.1 Å². The zero-order valence-electron chi connectivity index (χ0n) is 17.8. The molecule has 4 rings (SSSR count). The van der Waals surface area contributed by atoms with Gasteiger partial charge in [-0.2, -0.15) is 0 Å². The fourth-order valence-electron chi connectivity index (χ4n) is 3.81. The Morgan fingerprint density at radius 1 is 0.967 bits per heavy atom. The first-order valence-corrected chi connectivity index (χ1v) is 10.3. The van der Waals surface area contributed by atoms with Gasteiger partial charge in [-0.1, -0.05) is 61.5 Å². The van der Waals surface area contributed by atoms with Crippen molar-refractivity contribution in [2.24, 2.45) is 5.92 Å². The van der Waals surface area contributed by atoms with E-state index in [4.69, 9.17) is 0 Å². The number of carbonyl (C=O) groups excluding carboxylic acids is 2. The van der Waals surface area contributed by atoms with E-state index in [1.54, 1.807) is 4.90 Å². The number of hydrogen-bond acceptors (Lipinski definition) is 4. The maximum atomic E-state index is 13.3. The maximum absolute atomic E-state index is 13.3. The Morgan fingerprint density at radius 3 is 2.33 bits per heavy atom. The largest absolute Gasteiger partial charge is 0.307 e. The number of benzene rings is 2. The summed E-state index contributed by atoms with van der Waals surface area (Å²) < 4.78 is 1.90. The Hall–Kier alpha value is -3.28. The molecule has 0 radical (unpaired) electrons. The van der Waals surface area contributed by atoms with Crippen LogP contribution in [0, 0.1) is 5.92 Å². The first kappa shape index (κ1) is 20.0. The summed E-state index contributed by atoms with van der Waals surface area (Å²) in [5.41, 5.74) is 5.32. The molecule has 6 heteroatoms. The van der Waals surface area contributed by atoms with Gasteiger partial charge in [0.25, 0.3) is 0 Å². The molecule has 1 aliphatic heterocycles. The van der Waals surface area contributed by atoms with Crippen LogP contribution >= 0.6 is 0 Å². The highest BCUT2D eigenvalue weighted by Gasteiger charge is 2.30. The summed E-state index contributed by atoms with van der Waals surface area (Å²) in [6, 6.07) is 15.9. The van der Waals surface area contributed by atoms with E-state index in [-0.39, 0.29) is 30.1 Å². The van der Waals surface area contributed by atoms with Crippen LogP contribution in [-0.4, -0.2) is 26.7 Å². The van der Waals surface area contributed by atoms with Crippen LogP contribution in [0.2, 0.25) is 0 Å². The molecule has 2 heterocycles. The predicted octanol–water partition coefficient (Wildman–Crippen LogP) is 4.65. The van der Waals surface area contributed by atoms with Crippen molar-refractivity contribution in [3.05, 3.63) is 54.1 Å². The normalized spacial score (nSPS) is 12.8. The highest BCUT2D eigenvalue weighted by Crippen LogP contribution is 2.42.